The molecule has 0 spiro atoms. The molecule has 0 aliphatic carbocycles. The van der Waals surface area contributed by atoms with Gasteiger partial charge in [-0.05, 0) is 50.6 Å². The maximum atomic E-state index is 11.1. The van der Waals surface area contributed by atoms with Crippen molar-refractivity contribution in [3.05, 3.63) is 71.3 Å². The molecule has 0 atom stereocenters. The van der Waals surface area contributed by atoms with Crippen LogP contribution in [-0.4, -0.2) is 41.8 Å². The minimum Gasteiger partial charge on any atom is -0.478 e. The van der Waals surface area contributed by atoms with Gasteiger partial charge in [-0.2, -0.15) is 0 Å². The molecule has 4 nitrogen and oxygen atoms in total. The van der Waals surface area contributed by atoms with E-state index < -0.39 is 5.97 Å². The Balaban J connectivity index is 0.000000425. The van der Waals surface area contributed by atoms with Gasteiger partial charge in [0.15, 0.2) is 0 Å². The van der Waals surface area contributed by atoms with Crippen LogP contribution < -0.4 is 0 Å². The Morgan fingerprint density at radius 2 is 1.22 bits per heavy atom. The van der Waals surface area contributed by atoms with Gasteiger partial charge in [0.25, 0.3) is 0 Å². The molecule has 0 aliphatic heterocycles. The van der Waals surface area contributed by atoms with Crippen molar-refractivity contribution in [3.63, 3.8) is 0 Å². The highest BCUT2D eigenvalue weighted by atomic mass is 16.4. The van der Waals surface area contributed by atoms with Crippen LogP contribution in [0.1, 0.15) is 85.7 Å². The van der Waals surface area contributed by atoms with Crippen LogP contribution in [0.3, 0.4) is 0 Å². The molecule has 4 heteroatoms. The fourth-order valence-electron chi connectivity index (χ4n) is 3.74. The van der Waals surface area contributed by atoms with Crippen molar-refractivity contribution in [1.29, 1.82) is 0 Å². The van der Waals surface area contributed by atoms with E-state index in [1.54, 1.807) is 12.1 Å². The number of carboxylic acid groups (broad SMARTS) is 1. The molecule has 2 aromatic rings. The molecule has 0 saturated carbocycles. The summed E-state index contributed by atoms with van der Waals surface area (Å²) < 4.78 is 0. The van der Waals surface area contributed by atoms with Crippen molar-refractivity contribution in [2.75, 3.05) is 20.7 Å². The first-order valence-corrected chi connectivity index (χ1v) is 12.1. The maximum Gasteiger partial charge on any atom is 0.335 e. The molecule has 0 heterocycles. The van der Waals surface area contributed by atoms with Gasteiger partial charge in [-0.25, -0.2) is 4.79 Å². The van der Waals surface area contributed by atoms with E-state index in [1.807, 2.05) is 18.2 Å². The molecule has 2 aromatic carbocycles. The van der Waals surface area contributed by atoms with E-state index in [0.29, 0.717) is 12.2 Å². The molecule has 178 valence electrons. The lowest BCUT2D eigenvalue weighted by atomic mass is 10.00. The third kappa shape index (κ3) is 14.0. The Morgan fingerprint density at radius 1 is 0.719 bits per heavy atom. The summed E-state index contributed by atoms with van der Waals surface area (Å²) >= 11 is 0. The number of aromatic carboxylic acids is 1. The Morgan fingerprint density at radius 3 is 1.75 bits per heavy atom. The van der Waals surface area contributed by atoms with E-state index in [4.69, 9.17) is 10.2 Å². The average molecular weight is 442 g/mol. The van der Waals surface area contributed by atoms with Crippen LogP contribution in [-0.2, 0) is 13.0 Å². The quantitative estimate of drug-likeness (QED) is 0.307. The largest absolute Gasteiger partial charge is 0.478 e. The van der Waals surface area contributed by atoms with Gasteiger partial charge in [0, 0.05) is 13.2 Å². The van der Waals surface area contributed by atoms with Gasteiger partial charge in [-0.15, -0.1) is 0 Å². The fourth-order valence-corrected chi connectivity index (χ4v) is 3.74. The van der Waals surface area contributed by atoms with Crippen molar-refractivity contribution < 1.29 is 15.0 Å². The number of nitrogens with zero attached hydrogens (tertiary/aromatic N) is 1. The number of aliphatic hydroxyl groups excluding tert-OH is 1. The van der Waals surface area contributed by atoms with Crippen molar-refractivity contribution in [1.82, 2.24) is 4.90 Å². The second-order valence-electron chi connectivity index (χ2n) is 8.69. The maximum absolute atomic E-state index is 11.1. The number of unbranched alkanes of at least 4 members (excludes halogenated alkanes) is 9. The van der Waals surface area contributed by atoms with Crippen LogP contribution in [0.15, 0.2) is 54.6 Å². The summed E-state index contributed by atoms with van der Waals surface area (Å²) in [5, 5.41) is 17.8. The van der Waals surface area contributed by atoms with E-state index in [-0.39, 0.29) is 0 Å². The molecule has 0 radical (unpaired) electrons. The van der Waals surface area contributed by atoms with Gasteiger partial charge < -0.3 is 15.1 Å². The summed E-state index contributed by atoms with van der Waals surface area (Å²) in [6, 6.07) is 17.8. The molecule has 0 fully saturated rings. The lowest BCUT2D eigenvalue weighted by Gasteiger charge is -2.08. The standard InChI is InChI=1S/C19H30O3.C9H13N/c20-16-12-8-6-4-2-1-3-5-7-9-13-17-14-10-11-15-18(17)19(21)22;1-10(2)8-9-6-4-3-5-7-9/h10-11,14-15,20H,1-9,12-13,16H2,(H,21,22);3-7H,8H2,1-2H3. The number of aryl methyl sites for hydroxylation is 1. The van der Waals surface area contributed by atoms with Crippen molar-refractivity contribution >= 4 is 5.97 Å². The summed E-state index contributed by atoms with van der Waals surface area (Å²) in [5.74, 6) is -0.822. The first-order chi connectivity index (χ1) is 15.5. The van der Waals surface area contributed by atoms with E-state index in [9.17, 15) is 4.79 Å². The van der Waals surface area contributed by atoms with Gasteiger partial charge in [0.1, 0.15) is 0 Å². The molecule has 0 amide bonds. The second-order valence-corrected chi connectivity index (χ2v) is 8.69. The number of carboxylic acids is 1. The van der Waals surface area contributed by atoms with Crippen molar-refractivity contribution in [2.45, 2.75) is 77.2 Å². The second kappa shape index (κ2) is 18.4. The molecule has 0 aromatic heterocycles. The number of rotatable bonds is 15. The van der Waals surface area contributed by atoms with Crippen molar-refractivity contribution in [3.8, 4) is 0 Å². The van der Waals surface area contributed by atoms with Crippen LogP contribution in [0, 0.1) is 0 Å². The zero-order valence-corrected chi connectivity index (χ0v) is 20.1. The van der Waals surface area contributed by atoms with Crippen LogP contribution in [0.4, 0.5) is 0 Å². The molecule has 32 heavy (non-hydrogen) atoms. The minimum absolute atomic E-state index is 0.324. The van der Waals surface area contributed by atoms with Crippen LogP contribution in [0.5, 0.6) is 0 Å². The van der Waals surface area contributed by atoms with Gasteiger partial charge in [0.2, 0.25) is 0 Å². The van der Waals surface area contributed by atoms with E-state index >= 15 is 0 Å². The SMILES string of the molecule is CN(C)Cc1ccccc1.O=C(O)c1ccccc1CCCCCCCCCCCCO. The molecule has 0 unspecified atom stereocenters. The Bertz CT molecular complexity index is 716. The van der Waals surface area contributed by atoms with Gasteiger partial charge >= 0.3 is 5.97 Å². The number of carbonyl (C=O) groups is 1. The number of aliphatic hydroxyl groups is 1. The zero-order valence-electron chi connectivity index (χ0n) is 20.1. The highest BCUT2D eigenvalue weighted by Crippen LogP contribution is 2.15. The summed E-state index contributed by atoms with van der Waals surface area (Å²) in [5.41, 5.74) is 2.77. The summed E-state index contributed by atoms with van der Waals surface area (Å²) in [7, 11) is 4.15. The molecule has 2 rings (SSSR count). The van der Waals surface area contributed by atoms with Crippen LogP contribution in [0.2, 0.25) is 0 Å². The van der Waals surface area contributed by atoms with Gasteiger partial charge in [-0.3, -0.25) is 0 Å². The minimum atomic E-state index is -0.822. The highest BCUT2D eigenvalue weighted by Gasteiger charge is 2.07. The summed E-state index contributed by atoms with van der Waals surface area (Å²) in [6.45, 7) is 1.35. The molecule has 0 aliphatic rings. The van der Waals surface area contributed by atoms with E-state index in [0.717, 1.165) is 37.8 Å². The monoisotopic (exact) mass is 441 g/mol. The molecule has 0 bridgehead atoms. The number of hydrogen-bond acceptors (Lipinski definition) is 3. The Labute approximate surface area is 195 Å². The number of hydrogen-bond donors (Lipinski definition) is 2. The van der Waals surface area contributed by atoms with Gasteiger partial charge in [0.05, 0.1) is 5.56 Å². The van der Waals surface area contributed by atoms with E-state index in [2.05, 4.69) is 43.3 Å². The molecular weight excluding hydrogens is 398 g/mol. The Hall–Kier alpha value is -2.17. The third-order valence-corrected chi connectivity index (χ3v) is 5.44. The topological polar surface area (TPSA) is 60.8 Å². The number of benzene rings is 2. The van der Waals surface area contributed by atoms with Crippen molar-refractivity contribution in [2.24, 2.45) is 0 Å². The molecule has 2 N–H and O–H groups in total. The molecular formula is C28H43NO3. The Kier molecular flexibility index (Phi) is 16.0. The fraction of sp³-hybridized carbons (Fsp3) is 0.536. The lowest BCUT2D eigenvalue weighted by molar-refractivity contribution is 0.0695. The average Bonchev–Trinajstić information content (AvgIpc) is 2.78. The van der Waals surface area contributed by atoms with Crippen LogP contribution in [0.25, 0.3) is 0 Å². The normalized spacial score (nSPS) is 10.6. The zero-order chi connectivity index (χ0) is 23.4. The first-order valence-electron chi connectivity index (χ1n) is 12.1. The molecule has 0 saturated heterocycles. The van der Waals surface area contributed by atoms with Crippen LogP contribution >= 0.6 is 0 Å². The smallest absolute Gasteiger partial charge is 0.335 e. The predicted octanol–water partition coefficient (Wildman–Crippen LogP) is 6.57. The predicted molar refractivity (Wildman–Crippen MR) is 134 cm³/mol. The third-order valence-electron chi connectivity index (χ3n) is 5.44. The highest BCUT2D eigenvalue weighted by molar-refractivity contribution is 5.89. The summed E-state index contributed by atoms with van der Waals surface area (Å²) in [6.07, 6.45) is 12.9. The van der Waals surface area contributed by atoms with E-state index in [1.165, 1.54) is 50.5 Å². The van der Waals surface area contributed by atoms with Gasteiger partial charge in [-0.1, -0.05) is 99.9 Å². The first kappa shape index (κ1) is 27.9. The summed E-state index contributed by atoms with van der Waals surface area (Å²) in [4.78, 5) is 13.3. The lowest BCUT2D eigenvalue weighted by Crippen LogP contribution is -2.10.